The summed E-state index contributed by atoms with van der Waals surface area (Å²) in [6.45, 7) is 9.00. The number of hydrogen-bond donors (Lipinski definition) is 1. The van der Waals surface area contributed by atoms with E-state index in [-0.39, 0.29) is 0 Å². The van der Waals surface area contributed by atoms with Crippen molar-refractivity contribution in [2.75, 3.05) is 19.6 Å². The molecule has 0 aromatic heterocycles. The summed E-state index contributed by atoms with van der Waals surface area (Å²) in [6.07, 6.45) is 1.14. The van der Waals surface area contributed by atoms with Crippen molar-refractivity contribution in [2.24, 2.45) is 5.84 Å². The quantitative estimate of drug-likeness (QED) is 0.401. The Balaban J connectivity index is 2.45. The highest BCUT2D eigenvalue weighted by Crippen LogP contribution is 2.02. The van der Waals surface area contributed by atoms with Crippen LogP contribution in [0.15, 0.2) is 0 Å². The third-order valence-corrected chi connectivity index (χ3v) is 2.11. The SMILES string of the molecule is C=[N+]1CCN(N)CC1CC. The molecule has 1 saturated heterocycles. The third kappa shape index (κ3) is 1.55. The van der Waals surface area contributed by atoms with Crippen molar-refractivity contribution in [3.8, 4) is 0 Å². The summed E-state index contributed by atoms with van der Waals surface area (Å²) in [6, 6.07) is 0.554. The van der Waals surface area contributed by atoms with Crippen LogP contribution in [-0.4, -0.2) is 42.0 Å². The summed E-state index contributed by atoms with van der Waals surface area (Å²) in [5.74, 6) is 5.64. The van der Waals surface area contributed by atoms with E-state index in [0.717, 1.165) is 26.1 Å². The molecule has 3 nitrogen and oxygen atoms in total. The van der Waals surface area contributed by atoms with Gasteiger partial charge in [0.05, 0.1) is 13.1 Å². The lowest BCUT2D eigenvalue weighted by molar-refractivity contribution is -0.571. The molecule has 0 saturated carbocycles. The Labute approximate surface area is 62.1 Å². The number of hydrogen-bond acceptors (Lipinski definition) is 2. The van der Waals surface area contributed by atoms with Crippen molar-refractivity contribution >= 4 is 6.72 Å². The number of nitrogens with zero attached hydrogens (tertiary/aromatic N) is 2. The molecule has 0 amide bonds. The minimum Gasteiger partial charge on any atom is -0.268 e. The smallest absolute Gasteiger partial charge is 0.165 e. The normalized spacial score (nSPS) is 29.0. The van der Waals surface area contributed by atoms with Crippen molar-refractivity contribution in [3.05, 3.63) is 0 Å². The fourth-order valence-corrected chi connectivity index (χ4v) is 1.30. The molecule has 0 spiro atoms. The number of hydrazine groups is 1. The van der Waals surface area contributed by atoms with Crippen LogP contribution in [-0.2, 0) is 0 Å². The van der Waals surface area contributed by atoms with Crippen LogP contribution in [0.5, 0.6) is 0 Å². The van der Waals surface area contributed by atoms with Gasteiger partial charge >= 0.3 is 0 Å². The van der Waals surface area contributed by atoms with Crippen LogP contribution in [0.3, 0.4) is 0 Å². The maximum Gasteiger partial charge on any atom is 0.165 e. The standard InChI is InChI=1S/C7H16N3/c1-3-7-6-10(8)5-4-9(7)2/h7H,2-6,8H2,1H3/q+1. The Morgan fingerprint density at radius 1 is 1.80 bits per heavy atom. The lowest BCUT2D eigenvalue weighted by Crippen LogP contribution is -2.50. The van der Waals surface area contributed by atoms with Crippen LogP contribution < -0.4 is 5.84 Å². The van der Waals surface area contributed by atoms with Gasteiger partial charge in [0.25, 0.3) is 0 Å². The molecule has 1 rings (SSSR count). The molecular formula is C7H16N3+. The van der Waals surface area contributed by atoms with E-state index >= 15 is 0 Å². The highest BCUT2D eigenvalue weighted by atomic mass is 15.4. The Morgan fingerprint density at radius 2 is 2.50 bits per heavy atom. The first-order valence-corrected chi connectivity index (χ1v) is 3.80. The molecule has 0 aliphatic carbocycles. The first-order chi connectivity index (χ1) is 4.74. The minimum atomic E-state index is 0.554. The summed E-state index contributed by atoms with van der Waals surface area (Å²) < 4.78 is 2.13. The highest BCUT2D eigenvalue weighted by Gasteiger charge is 2.24. The van der Waals surface area contributed by atoms with Crippen molar-refractivity contribution in [2.45, 2.75) is 19.4 Å². The molecule has 10 heavy (non-hydrogen) atoms. The van der Waals surface area contributed by atoms with Gasteiger partial charge in [-0.1, -0.05) is 6.92 Å². The molecule has 0 radical (unpaired) electrons. The molecule has 0 aromatic carbocycles. The fraction of sp³-hybridized carbons (Fsp3) is 0.857. The first kappa shape index (κ1) is 7.69. The average Bonchev–Trinajstić information content (AvgIpc) is 1.94. The molecule has 58 valence electrons. The molecule has 1 heterocycles. The number of nitrogens with two attached hydrogens (primary N) is 1. The zero-order chi connectivity index (χ0) is 7.56. The van der Waals surface area contributed by atoms with E-state index in [1.165, 1.54) is 0 Å². The molecule has 1 aliphatic heterocycles. The largest absolute Gasteiger partial charge is 0.268 e. The zero-order valence-corrected chi connectivity index (χ0v) is 6.58. The van der Waals surface area contributed by atoms with E-state index in [9.17, 15) is 0 Å². The second kappa shape index (κ2) is 3.12. The Kier molecular flexibility index (Phi) is 2.40. The summed E-state index contributed by atoms with van der Waals surface area (Å²) in [5, 5.41) is 1.87. The molecule has 0 aromatic rings. The van der Waals surface area contributed by atoms with Gasteiger partial charge in [0, 0.05) is 6.42 Å². The highest BCUT2D eigenvalue weighted by molar-refractivity contribution is 5.15. The molecule has 1 atom stereocenters. The van der Waals surface area contributed by atoms with Crippen LogP contribution in [0.2, 0.25) is 0 Å². The van der Waals surface area contributed by atoms with E-state index < -0.39 is 0 Å². The molecule has 1 unspecified atom stereocenters. The second-order valence-corrected chi connectivity index (χ2v) is 2.87. The van der Waals surface area contributed by atoms with Gasteiger partial charge in [0.15, 0.2) is 12.6 Å². The Bertz CT molecular complexity index is 133. The van der Waals surface area contributed by atoms with Gasteiger partial charge in [0.2, 0.25) is 0 Å². The van der Waals surface area contributed by atoms with Gasteiger partial charge in [-0.05, 0) is 0 Å². The van der Waals surface area contributed by atoms with Crippen LogP contribution in [0.25, 0.3) is 0 Å². The number of rotatable bonds is 1. The van der Waals surface area contributed by atoms with E-state index in [4.69, 9.17) is 5.84 Å². The van der Waals surface area contributed by atoms with Crippen molar-refractivity contribution < 1.29 is 4.58 Å². The Hall–Kier alpha value is -0.410. The van der Waals surface area contributed by atoms with Gasteiger partial charge in [-0.25, -0.2) is 9.58 Å². The van der Waals surface area contributed by atoms with Crippen molar-refractivity contribution in [3.63, 3.8) is 0 Å². The van der Waals surface area contributed by atoms with E-state index in [1.54, 1.807) is 0 Å². The van der Waals surface area contributed by atoms with Gasteiger partial charge < -0.3 is 0 Å². The van der Waals surface area contributed by atoms with Crippen LogP contribution >= 0.6 is 0 Å². The van der Waals surface area contributed by atoms with Crippen LogP contribution in [0, 0.1) is 0 Å². The zero-order valence-electron chi connectivity index (χ0n) is 6.58. The van der Waals surface area contributed by atoms with E-state index in [1.807, 2.05) is 5.01 Å². The maximum atomic E-state index is 5.64. The fourth-order valence-electron chi connectivity index (χ4n) is 1.30. The lowest BCUT2D eigenvalue weighted by Gasteiger charge is -2.25. The lowest BCUT2D eigenvalue weighted by atomic mass is 10.2. The summed E-state index contributed by atoms with van der Waals surface area (Å²) >= 11 is 0. The maximum absolute atomic E-state index is 5.64. The second-order valence-electron chi connectivity index (χ2n) is 2.87. The molecule has 0 bridgehead atoms. The molecular weight excluding hydrogens is 126 g/mol. The van der Waals surface area contributed by atoms with Crippen molar-refractivity contribution in [1.29, 1.82) is 0 Å². The predicted octanol–water partition coefficient (Wildman–Crippen LogP) is -0.333. The minimum absolute atomic E-state index is 0.554. The summed E-state index contributed by atoms with van der Waals surface area (Å²) in [5.41, 5.74) is 0. The van der Waals surface area contributed by atoms with E-state index in [0.29, 0.717) is 6.04 Å². The number of piperazine rings is 1. The molecule has 1 aliphatic rings. The third-order valence-electron chi connectivity index (χ3n) is 2.11. The van der Waals surface area contributed by atoms with Crippen molar-refractivity contribution in [1.82, 2.24) is 5.01 Å². The first-order valence-electron chi connectivity index (χ1n) is 3.80. The Morgan fingerprint density at radius 3 is 3.00 bits per heavy atom. The average molecular weight is 142 g/mol. The summed E-state index contributed by atoms with van der Waals surface area (Å²) in [7, 11) is 0. The molecule has 3 heteroatoms. The molecule has 1 fully saturated rings. The molecule has 2 N–H and O–H groups in total. The predicted molar refractivity (Wildman–Crippen MR) is 42.1 cm³/mol. The van der Waals surface area contributed by atoms with Gasteiger partial charge in [0.1, 0.15) is 6.72 Å². The summed E-state index contributed by atoms with van der Waals surface area (Å²) in [4.78, 5) is 0. The van der Waals surface area contributed by atoms with Gasteiger partial charge in [-0.3, -0.25) is 5.84 Å². The topological polar surface area (TPSA) is 32.3 Å². The van der Waals surface area contributed by atoms with Gasteiger partial charge in [-0.2, -0.15) is 0 Å². The van der Waals surface area contributed by atoms with Crippen LogP contribution in [0.4, 0.5) is 0 Å². The van der Waals surface area contributed by atoms with E-state index in [2.05, 4.69) is 18.2 Å². The van der Waals surface area contributed by atoms with Gasteiger partial charge in [-0.15, -0.1) is 0 Å². The monoisotopic (exact) mass is 142 g/mol. The van der Waals surface area contributed by atoms with Crippen LogP contribution in [0.1, 0.15) is 13.3 Å².